The predicted octanol–water partition coefficient (Wildman–Crippen LogP) is 14.0. The fourth-order valence-corrected chi connectivity index (χ4v) is 7.89. The van der Waals surface area contributed by atoms with Gasteiger partial charge in [0, 0.05) is 22.4 Å². The minimum atomic E-state index is -6.19. The summed E-state index contributed by atoms with van der Waals surface area (Å²) in [5, 5.41) is 1.67. The fraction of sp³-hybridized carbons (Fsp3) is 0.0612. The lowest BCUT2D eigenvalue weighted by Gasteiger charge is -2.33. The van der Waals surface area contributed by atoms with Crippen molar-refractivity contribution >= 4 is 55.0 Å². The van der Waals surface area contributed by atoms with Crippen molar-refractivity contribution in [3.05, 3.63) is 199 Å². The second-order valence-electron chi connectivity index (χ2n) is 13.8. The SMILES string of the molecule is Cc1ccccc1-c1ccc(N(c2cccc(N(c3ccccc3)c3ccccc3)c2OS(=O)(=O)C(F)(F)F)c2ccc(-c3ccccc3)c3ccccc23)cc1C. The van der Waals surface area contributed by atoms with Crippen LogP contribution in [0.2, 0.25) is 0 Å². The van der Waals surface area contributed by atoms with Gasteiger partial charge in [0.2, 0.25) is 0 Å². The van der Waals surface area contributed by atoms with Gasteiger partial charge in [-0.25, -0.2) is 0 Å². The van der Waals surface area contributed by atoms with E-state index in [2.05, 4.69) is 0 Å². The van der Waals surface area contributed by atoms with E-state index in [1.807, 2.05) is 135 Å². The molecule has 0 saturated carbocycles. The molecule has 0 aliphatic heterocycles. The maximum atomic E-state index is 14.4. The first-order valence-electron chi connectivity index (χ1n) is 18.6. The molecule has 8 aromatic carbocycles. The molecule has 8 rings (SSSR count). The fourth-order valence-electron chi connectivity index (χ4n) is 7.41. The minimum absolute atomic E-state index is 0.0721. The number of rotatable bonds is 10. The van der Waals surface area contributed by atoms with E-state index in [0.717, 1.165) is 44.2 Å². The Morgan fingerprint density at radius 1 is 0.448 bits per heavy atom. The van der Waals surface area contributed by atoms with Crippen LogP contribution in [-0.4, -0.2) is 13.9 Å². The van der Waals surface area contributed by atoms with Crippen molar-refractivity contribution in [2.75, 3.05) is 9.80 Å². The summed E-state index contributed by atoms with van der Waals surface area (Å²) >= 11 is 0. The number of benzene rings is 8. The summed E-state index contributed by atoms with van der Waals surface area (Å²) < 4.78 is 75.2. The lowest BCUT2D eigenvalue weighted by atomic mass is 9.94. The summed E-state index contributed by atoms with van der Waals surface area (Å²) in [6.45, 7) is 4.02. The molecule has 9 heteroatoms. The van der Waals surface area contributed by atoms with E-state index in [0.29, 0.717) is 22.7 Å². The van der Waals surface area contributed by atoms with Gasteiger partial charge < -0.3 is 14.0 Å². The number of halogens is 3. The Morgan fingerprint density at radius 3 is 1.57 bits per heavy atom. The van der Waals surface area contributed by atoms with Crippen LogP contribution in [-0.2, 0) is 10.1 Å². The zero-order valence-corrected chi connectivity index (χ0v) is 32.4. The Bertz CT molecular complexity index is 2810. The lowest BCUT2D eigenvalue weighted by Crippen LogP contribution is -2.29. The van der Waals surface area contributed by atoms with Crippen molar-refractivity contribution in [2.24, 2.45) is 0 Å². The van der Waals surface area contributed by atoms with Gasteiger partial charge in [-0.15, -0.1) is 0 Å². The van der Waals surface area contributed by atoms with Crippen LogP contribution in [0, 0.1) is 13.8 Å². The van der Waals surface area contributed by atoms with Gasteiger partial charge in [0.15, 0.2) is 5.75 Å². The maximum Gasteiger partial charge on any atom is 0.534 e. The van der Waals surface area contributed by atoms with Gasteiger partial charge in [-0.3, -0.25) is 0 Å². The van der Waals surface area contributed by atoms with Gasteiger partial charge in [0.05, 0.1) is 17.1 Å². The van der Waals surface area contributed by atoms with Crippen LogP contribution in [0.4, 0.5) is 47.3 Å². The highest BCUT2D eigenvalue weighted by Gasteiger charge is 2.49. The van der Waals surface area contributed by atoms with Gasteiger partial charge in [0.25, 0.3) is 0 Å². The summed E-state index contributed by atoms with van der Waals surface area (Å²) in [4.78, 5) is 3.47. The van der Waals surface area contributed by atoms with E-state index in [4.69, 9.17) is 4.18 Å². The molecule has 0 aliphatic rings. The molecule has 0 saturated heterocycles. The first kappa shape index (κ1) is 38.1. The Kier molecular flexibility index (Phi) is 10.2. The summed E-state index contributed by atoms with van der Waals surface area (Å²) in [5.41, 5.74) is 2.69. The van der Waals surface area contributed by atoms with Gasteiger partial charge in [0.1, 0.15) is 0 Å². The predicted molar refractivity (Wildman–Crippen MR) is 229 cm³/mol. The standard InChI is InChI=1S/C49H37F3N2O3S/c1-34-17-12-13-24-40(34)41-30-29-39(33-35(41)2)54(45-32-31-42(36-18-6-3-7-19-36)43-25-14-15-26-44(43)45)47-28-16-27-46(48(47)57-58(55,56)49(50,51)52)53(37-20-8-4-9-21-37)38-22-10-5-11-23-38/h3-33H,1-2H3. The first-order chi connectivity index (χ1) is 28.0. The van der Waals surface area contributed by atoms with E-state index < -0.39 is 21.4 Å². The van der Waals surface area contributed by atoms with Crippen molar-refractivity contribution in [1.29, 1.82) is 0 Å². The molecular weight excluding hydrogens is 754 g/mol. The van der Waals surface area contributed by atoms with Crippen LogP contribution in [0.15, 0.2) is 188 Å². The molecule has 0 atom stereocenters. The quantitative estimate of drug-likeness (QED) is 0.102. The summed E-state index contributed by atoms with van der Waals surface area (Å²) in [6.07, 6.45) is 0. The van der Waals surface area contributed by atoms with Gasteiger partial charge in [-0.2, -0.15) is 21.6 Å². The zero-order chi connectivity index (χ0) is 40.4. The highest BCUT2D eigenvalue weighted by atomic mass is 32.2. The Balaban J connectivity index is 1.45. The number of nitrogens with zero attached hydrogens (tertiary/aromatic N) is 2. The van der Waals surface area contributed by atoms with Crippen molar-refractivity contribution < 1.29 is 25.8 Å². The second kappa shape index (κ2) is 15.6. The topological polar surface area (TPSA) is 49.9 Å². The molecule has 58 heavy (non-hydrogen) atoms. The van der Waals surface area contributed by atoms with E-state index in [1.165, 1.54) is 0 Å². The Labute approximate surface area is 336 Å². The maximum absolute atomic E-state index is 14.4. The summed E-state index contributed by atoms with van der Waals surface area (Å²) in [6, 6.07) is 58.3. The smallest absolute Gasteiger partial charge is 0.371 e. The lowest BCUT2D eigenvalue weighted by molar-refractivity contribution is -0.0499. The molecule has 0 radical (unpaired) electrons. The molecular formula is C49H37F3N2O3S. The summed E-state index contributed by atoms with van der Waals surface area (Å²) in [7, 11) is -6.19. The number of hydrogen-bond donors (Lipinski definition) is 0. The average molecular weight is 791 g/mol. The van der Waals surface area contributed by atoms with Crippen molar-refractivity contribution in [3.8, 4) is 28.0 Å². The minimum Gasteiger partial charge on any atom is -0.371 e. The molecule has 0 aliphatic carbocycles. The van der Waals surface area contributed by atoms with Crippen molar-refractivity contribution in [1.82, 2.24) is 0 Å². The molecule has 0 spiro atoms. The molecule has 0 amide bonds. The Hall–Kier alpha value is -6.84. The third-order valence-electron chi connectivity index (χ3n) is 10.1. The number of para-hydroxylation sites is 3. The van der Waals surface area contributed by atoms with Crippen LogP contribution < -0.4 is 14.0 Å². The zero-order valence-electron chi connectivity index (χ0n) is 31.6. The van der Waals surface area contributed by atoms with Crippen LogP contribution in [0.1, 0.15) is 11.1 Å². The monoisotopic (exact) mass is 790 g/mol. The number of alkyl halides is 3. The number of aryl methyl sites for hydroxylation is 2. The summed E-state index contributed by atoms with van der Waals surface area (Å²) in [5.74, 6) is -0.510. The molecule has 0 unspecified atom stereocenters. The molecule has 288 valence electrons. The van der Waals surface area contributed by atoms with Crippen molar-refractivity contribution in [3.63, 3.8) is 0 Å². The molecule has 5 nitrogen and oxygen atoms in total. The second-order valence-corrected chi connectivity index (χ2v) is 15.3. The van der Waals surface area contributed by atoms with Crippen LogP contribution in [0.5, 0.6) is 5.75 Å². The molecule has 0 aromatic heterocycles. The third kappa shape index (κ3) is 7.28. The molecule has 0 heterocycles. The number of hydrogen-bond acceptors (Lipinski definition) is 5. The van der Waals surface area contributed by atoms with E-state index in [-0.39, 0.29) is 11.4 Å². The van der Waals surface area contributed by atoms with E-state index in [9.17, 15) is 21.6 Å². The Morgan fingerprint density at radius 2 is 0.966 bits per heavy atom. The van der Waals surface area contributed by atoms with Gasteiger partial charge in [-0.1, -0.05) is 133 Å². The highest BCUT2D eigenvalue weighted by molar-refractivity contribution is 7.88. The molecule has 0 N–H and O–H groups in total. The normalized spacial score (nSPS) is 11.7. The third-order valence-corrected chi connectivity index (χ3v) is 11.0. The van der Waals surface area contributed by atoms with Crippen LogP contribution >= 0.6 is 0 Å². The van der Waals surface area contributed by atoms with Crippen molar-refractivity contribution in [2.45, 2.75) is 19.4 Å². The first-order valence-corrected chi connectivity index (χ1v) is 20.0. The number of fused-ring (bicyclic) bond motifs is 1. The molecule has 0 fully saturated rings. The largest absolute Gasteiger partial charge is 0.534 e. The van der Waals surface area contributed by atoms with Gasteiger partial charge in [-0.05, 0) is 107 Å². The van der Waals surface area contributed by atoms with Crippen LogP contribution in [0.25, 0.3) is 33.0 Å². The molecule has 8 aromatic rings. The average Bonchev–Trinajstić information content (AvgIpc) is 3.23. The number of anilines is 6. The van der Waals surface area contributed by atoms with E-state index >= 15 is 0 Å². The van der Waals surface area contributed by atoms with E-state index in [1.54, 1.807) is 76.5 Å². The van der Waals surface area contributed by atoms with Crippen LogP contribution in [0.3, 0.4) is 0 Å². The highest BCUT2D eigenvalue weighted by Crippen LogP contribution is 2.52. The van der Waals surface area contributed by atoms with Gasteiger partial charge >= 0.3 is 15.6 Å². The molecule has 0 bridgehead atoms.